The van der Waals surface area contributed by atoms with Crippen LogP contribution in [0.4, 0.5) is 0 Å². The summed E-state index contributed by atoms with van der Waals surface area (Å²) < 4.78 is 0. The molecule has 0 bridgehead atoms. The van der Waals surface area contributed by atoms with Crippen LogP contribution in [0.5, 0.6) is 0 Å². The smallest absolute Gasteiger partial charge is 0.251 e. The van der Waals surface area contributed by atoms with Gasteiger partial charge in [0.05, 0.1) is 0 Å². The van der Waals surface area contributed by atoms with Crippen molar-refractivity contribution in [2.45, 2.75) is 40.2 Å². The van der Waals surface area contributed by atoms with E-state index in [1.807, 2.05) is 38.1 Å². The van der Waals surface area contributed by atoms with E-state index in [0.29, 0.717) is 12.1 Å². The predicted molar refractivity (Wildman–Crippen MR) is 85.2 cm³/mol. The molecule has 1 aromatic heterocycles. The Hall–Kier alpha value is -2.10. The summed E-state index contributed by atoms with van der Waals surface area (Å²) in [5.41, 5.74) is 2.49. The Kier molecular flexibility index (Phi) is 4.78. The highest BCUT2D eigenvalue weighted by atomic mass is 16.1. The van der Waals surface area contributed by atoms with Crippen molar-refractivity contribution in [2.75, 3.05) is 0 Å². The Labute approximate surface area is 124 Å². The van der Waals surface area contributed by atoms with Gasteiger partial charge in [-0.1, -0.05) is 19.9 Å². The van der Waals surface area contributed by atoms with Gasteiger partial charge in [-0.15, -0.1) is 0 Å². The van der Waals surface area contributed by atoms with Gasteiger partial charge in [0.25, 0.3) is 5.56 Å². The molecule has 0 saturated heterocycles. The average Bonchev–Trinajstić information content (AvgIpc) is 2.47. The first-order valence-electron chi connectivity index (χ1n) is 7.45. The van der Waals surface area contributed by atoms with Crippen molar-refractivity contribution in [1.82, 2.24) is 10.3 Å². The average molecular weight is 286 g/mol. The number of carbonyl (C=O) groups is 1. The fourth-order valence-electron chi connectivity index (χ4n) is 2.47. The largest absolute Gasteiger partial charge is 0.352 e. The summed E-state index contributed by atoms with van der Waals surface area (Å²) in [6.45, 7) is 6.37. The molecule has 0 unspecified atom stereocenters. The van der Waals surface area contributed by atoms with Crippen LogP contribution in [0.15, 0.2) is 29.1 Å². The minimum Gasteiger partial charge on any atom is -0.352 e. The molecule has 0 spiro atoms. The molecule has 112 valence electrons. The van der Waals surface area contributed by atoms with Crippen molar-refractivity contribution < 1.29 is 4.79 Å². The van der Waals surface area contributed by atoms with Gasteiger partial charge in [-0.25, -0.2) is 0 Å². The van der Waals surface area contributed by atoms with Gasteiger partial charge < -0.3 is 10.3 Å². The van der Waals surface area contributed by atoms with Gasteiger partial charge in [-0.05, 0) is 48.9 Å². The van der Waals surface area contributed by atoms with Crippen LogP contribution in [0.3, 0.4) is 0 Å². The summed E-state index contributed by atoms with van der Waals surface area (Å²) in [6.07, 6.45) is 1.72. The third-order valence-corrected chi connectivity index (χ3v) is 3.92. The third kappa shape index (κ3) is 3.51. The highest BCUT2D eigenvalue weighted by Crippen LogP contribution is 2.14. The van der Waals surface area contributed by atoms with E-state index in [9.17, 15) is 9.59 Å². The third-order valence-electron chi connectivity index (χ3n) is 3.92. The summed E-state index contributed by atoms with van der Waals surface area (Å²) in [4.78, 5) is 26.4. The minimum absolute atomic E-state index is 0.0581. The number of H-pyrrole nitrogens is 1. The minimum atomic E-state index is -0.0581. The molecule has 0 aliphatic carbocycles. The molecule has 0 aliphatic rings. The van der Waals surface area contributed by atoms with E-state index in [0.717, 1.165) is 29.3 Å². The molecule has 2 N–H and O–H groups in total. The number of nitrogens with one attached hydrogen (secondary N) is 2. The summed E-state index contributed by atoms with van der Waals surface area (Å²) >= 11 is 0. The van der Waals surface area contributed by atoms with Crippen LogP contribution in [0.25, 0.3) is 10.9 Å². The molecule has 0 aliphatic heterocycles. The normalized spacial score (nSPS) is 11.0. The van der Waals surface area contributed by atoms with Crippen molar-refractivity contribution in [3.05, 3.63) is 45.7 Å². The molecular formula is C17H22N2O2. The van der Waals surface area contributed by atoms with E-state index in [2.05, 4.69) is 10.3 Å². The molecule has 1 amide bonds. The lowest BCUT2D eigenvalue weighted by Gasteiger charge is -2.13. The van der Waals surface area contributed by atoms with Gasteiger partial charge in [-0.2, -0.15) is 0 Å². The van der Waals surface area contributed by atoms with Crippen molar-refractivity contribution in [3.63, 3.8) is 0 Å². The monoisotopic (exact) mass is 286 g/mol. The van der Waals surface area contributed by atoms with Gasteiger partial charge in [-0.3, -0.25) is 9.59 Å². The number of rotatable bonds is 5. The SMILES string of the molecule is CCC(CC)C(=O)NCc1ccc2[nH]c(=O)c(C)cc2c1. The van der Waals surface area contributed by atoms with E-state index in [1.165, 1.54) is 0 Å². The lowest BCUT2D eigenvalue weighted by atomic mass is 10.0. The van der Waals surface area contributed by atoms with Crippen molar-refractivity contribution in [3.8, 4) is 0 Å². The molecule has 2 aromatic rings. The summed E-state index contributed by atoms with van der Waals surface area (Å²) in [5.74, 6) is 0.196. The topological polar surface area (TPSA) is 62.0 Å². The molecule has 0 atom stereocenters. The van der Waals surface area contributed by atoms with E-state index in [-0.39, 0.29) is 17.4 Å². The molecule has 0 saturated carbocycles. The zero-order valence-electron chi connectivity index (χ0n) is 12.8. The Morgan fingerprint density at radius 3 is 2.62 bits per heavy atom. The highest BCUT2D eigenvalue weighted by Gasteiger charge is 2.13. The molecule has 2 rings (SSSR count). The number of pyridine rings is 1. The summed E-state index contributed by atoms with van der Waals surface area (Å²) in [7, 11) is 0. The van der Waals surface area contributed by atoms with Gasteiger partial charge >= 0.3 is 0 Å². The highest BCUT2D eigenvalue weighted by molar-refractivity contribution is 5.80. The predicted octanol–water partition coefficient (Wildman–Crippen LogP) is 2.89. The Morgan fingerprint density at radius 2 is 1.95 bits per heavy atom. The zero-order chi connectivity index (χ0) is 15.4. The van der Waals surface area contributed by atoms with Crippen LogP contribution in [0.1, 0.15) is 37.8 Å². The van der Waals surface area contributed by atoms with Gasteiger partial charge in [0.1, 0.15) is 0 Å². The van der Waals surface area contributed by atoms with Gasteiger partial charge in [0.2, 0.25) is 5.91 Å². The molecule has 0 radical (unpaired) electrons. The molecule has 1 aromatic carbocycles. The Balaban J connectivity index is 2.14. The van der Waals surface area contributed by atoms with Gasteiger partial charge in [0, 0.05) is 23.5 Å². The molecule has 21 heavy (non-hydrogen) atoms. The van der Waals surface area contributed by atoms with Gasteiger partial charge in [0.15, 0.2) is 0 Å². The summed E-state index contributed by atoms with van der Waals surface area (Å²) in [5, 5.41) is 3.97. The van der Waals surface area contributed by atoms with E-state index in [1.54, 1.807) is 6.92 Å². The van der Waals surface area contributed by atoms with E-state index >= 15 is 0 Å². The maximum absolute atomic E-state index is 12.0. The van der Waals surface area contributed by atoms with Crippen molar-refractivity contribution in [1.29, 1.82) is 0 Å². The molecule has 1 heterocycles. The first-order valence-corrected chi connectivity index (χ1v) is 7.45. The zero-order valence-corrected chi connectivity index (χ0v) is 12.8. The number of hydrogen-bond donors (Lipinski definition) is 2. The number of fused-ring (bicyclic) bond motifs is 1. The van der Waals surface area contributed by atoms with Crippen LogP contribution >= 0.6 is 0 Å². The van der Waals surface area contributed by atoms with E-state index in [4.69, 9.17) is 0 Å². The van der Waals surface area contributed by atoms with E-state index < -0.39 is 0 Å². The molecule has 4 nitrogen and oxygen atoms in total. The Bertz CT molecular complexity index is 699. The molecule has 0 fully saturated rings. The van der Waals surface area contributed by atoms with Crippen LogP contribution in [-0.2, 0) is 11.3 Å². The van der Waals surface area contributed by atoms with Crippen LogP contribution in [0, 0.1) is 12.8 Å². The standard InChI is InChI=1S/C17H22N2O2/c1-4-13(5-2)17(21)18-10-12-6-7-15-14(9-12)8-11(3)16(20)19-15/h6-9,13H,4-5,10H2,1-3H3,(H,18,21)(H,19,20). The van der Waals surface area contributed by atoms with Crippen molar-refractivity contribution in [2.24, 2.45) is 5.92 Å². The number of amides is 1. The number of benzene rings is 1. The first kappa shape index (κ1) is 15.3. The number of hydrogen-bond acceptors (Lipinski definition) is 2. The molecular weight excluding hydrogens is 264 g/mol. The number of aryl methyl sites for hydroxylation is 1. The van der Waals surface area contributed by atoms with Crippen LogP contribution in [0.2, 0.25) is 0 Å². The van der Waals surface area contributed by atoms with Crippen LogP contribution in [-0.4, -0.2) is 10.9 Å². The second kappa shape index (κ2) is 6.57. The second-order valence-corrected chi connectivity index (χ2v) is 5.43. The molecule has 4 heteroatoms. The first-order chi connectivity index (χ1) is 10.0. The Morgan fingerprint density at radius 1 is 1.24 bits per heavy atom. The van der Waals surface area contributed by atoms with Crippen LogP contribution < -0.4 is 10.9 Å². The fraction of sp³-hybridized carbons (Fsp3) is 0.412. The lowest BCUT2D eigenvalue weighted by molar-refractivity contribution is -0.125. The maximum atomic E-state index is 12.0. The lowest BCUT2D eigenvalue weighted by Crippen LogP contribution is -2.29. The quantitative estimate of drug-likeness (QED) is 0.887. The fourth-order valence-corrected chi connectivity index (χ4v) is 2.47. The number of aromatic amines is 1. The number of carbonyl (C=O) groups excluding carboxylic acids is 1. The number of aromatic nitrogens is 1. The second-order valence-electron chi connectivity index (χ2n) is 5.43. The summed E-state index contributed by atoms with van der Waals surface area (Å²) in [6, 6.07) is 7.70. The maximum Gasteiger partial charge on any atom is 0.251 e. The van der Waals surface area contributed by atoms with Crippen molar-refractivity contribution >= 4 is 16.8 Å².